The summed E-state index contributed by atoms with van der Waals surface area (Å²) in [6.45, 7) is 3.65. The van der Waals surface area contributed by atoms with Gasteiger partial charge in [0.25, 0.3) is 0 Å². The lowest BCUT2D eigenvalue weighted by atomic mass is 10.0. The van der Waals surface area contributed by atoms with Gasteiger partial charge in [0.2, 0.25) is 5.91 Å². The second kappa shape index (κ2) is 10.1. The van der Waals surface area contributed by atoms with Crippen LogP contribution in [0.4, 0.5) is 19.0 Å². The molecule has 9 heteroatoms. The summed E-state index contributed by atoms with van der Waals surface area (Å²) in [7, 11) is 0. The van der Waals surface area contributed by atoms with Crippen LogP contribution < -0.4 is 9.64 Å². The van der Waals surface area contributed by atoms with Crippen LogP contribution in [0.15, 0.2) is 78.9 Å². The number of hydrogen-bond donors (Lipinski definition) is 0. The third-order valence-corrected chi connectivity index (χ3v) is 6.48. The monoisotopic (exact) mass is 506 g/mol. The number of carbonyl (C=O) groups is 1. The van der Waals surface area contributed by atoms with Crippen LogP contribution in [0.25, 0.3) is 22.0 Å². The van der Waals surface area contributed by atoms with E-state index in [1.807, 2.05) is 61.5 Å². The van der Waals surface area contributed by atoms with Crippen molar-refractivity contribution in [2.24, 2.45) is 0 Å². The van der Waals surface area contributed by atoms with E-state index in [2.05, 4.69) is 19.8 Å². The van der Waals surface area contributed by atoms with E-state index in [1.165, 1.54) is 24.3 Å². The summed E-state index contributed by atoms with van der Waals surface area (Å²) >= 11 is 0. The minimum atomic E-state index is -4.75. The Morgan fingerprint density at radius 1 is 0.919 bits per heavy atom. The molecular weight excluding hydrogens is 481 g/mol. The number of carbonyl (C=O) groups excluding carboxylic acids is 1. The molecule has 0 spiro atoms. The molecule has 0 aliphatic carbocycles. The maximum Gasteiger partial charge on any atom is 0.573 e. The highest BCUT2D eigenvalue weighted by Gasteiger charge is 2.31. The molecule has 0 bridgehead atoms. The van der Waals surface area contributed by atoms with Crippen LogP contribution in [0, 0.1) is 0 Å². The molecule has 0 radical (unpaired) electrons. The summed E-state index contributed by atoms with van der Waals surface area (Å²) in [6, 6.07) is 23.4. The quantitative estimate of drug-likeness (QED) is 0.359. The van der Waals surface area contributed by atoms with Crippen LogP contribution in [0.3, 0.4) is 0 Å². The van der Waals surface area contributed by atoms with Crippen molar-refractivity contribution in [2.45, 2.75) is 25.7 Å². The lowest BCUT2D eigenvalue weighted by molar-refractivity contribution is -0.274. The van der Waals surface area contributed by atoms with Crippen molar-refractivity contribution >= 4 is 22.5 Å². The molecule has 0 N–H and O–H groups in total. The topological polar surface area (TPSA) is 58.6 Å². The first kappa shape index (κ1) is 24.5. The molecule has 3 aromatic carbocycles. The van der Waals surface area contributed by atoms with E-state index >= 15 is 0 Å². The second-order valence-corrected chi connectivity index (χ2v) is 9.03. The molecule has 37 heavy (non-hydrogen) atoms. The molecule has 4 aromatic rings. The molecule has 1 amide bonds. The Labute approximate surface area is 212 Å². The normalized spacial score (nSPS) is 16.2. The van der Waals surface area contributed by atoms with Crippen LogP contribution in [0.1, 0.15) is 12.5 Å². The lowest BCUT2D eigenvalue weighted by Crippen LogP contribution is -2.54. The number of halogens is 3. The van der Waals surface area contributed by atoms with Crippen molar-refractivity contribution in [1.29, 1.82) is 0 Å². The Morgan fingerprint density at radius 3 is 2.27 bits per heavy atom. The molecule has 1 aliphatic heterocycles. The zero-order chi connectivity index (χ0) is 26.0. The van der Waals surface area contributed by atoms with Gasteiger partial charge in [-0.15, -0.1) is 23.4 Å². The number of piperazine rings is 1. The number of fused-ring (bicyclic) bond motifs is 1. The molecule has 2 heterocycles. The standard InChI is InChI=1S/C28H25F3N4O2/c1-19-18-34(25(36)17-20-11-13-22(14-12-20)37-28(29,30)31)15-16-35(19)27-24-10-6-5-9-23(24)26(32-33-27)21-7-3-2-4-8-21/h2-14,19H,15-18H2,1H3/t19-/m0/s1. The highest BCUT2D eigenvalue weighted by molar-refractivity contribution is 6.00. The number of ether oxygens (including phenoxy) is 1. The number of nitrogens with zero attached hydrogens (tertiary/aromatic N) is 4. The van der Waals surface area contributed by atoms with Gasteiger partial charge in [-0.3, -0.25) is 4.79 Å². The molecule has 1 fully saturated rings. The van der Waals surface area contributed by atoms with Crippen LogP contribution in [0.5, 0.6) is 5.75 Å². The Balaban J connectivity index is 1.29. The van der Waals surface area contributed by atoms with Crippen molar-refractivity contribution in [3.8, 4) is 17.0 Å². The molecule has 0 unspecified atom stereocenters. The van der Waals surface area contributed by atoms with E-state index in [-0.39, 0.29) is 24.1 Å². The number of aromatic nitrogens is 2. The van der Waals surface area contributed by atoms with Gasteiger partial charge in [0, 0.05) is 42.0 Å². The second-order valence-electron chi connectivity index (χ2n) is 9.03. The predicted molar refractivity (Wildman–Crippen MR) is 135 cm³/mol. The predicted octanol–water partition coefficient (Wildman–Crippen LogP) is 5.48. The van der Waals surface area contributed by atoms with Gasteiger partial charge in [0.15, 0.2) is 5.82 Å². The first-order valence-electron chi connectivity index (χ1n) is 12.0. The van der Waals surface area contributed by atoms with E-state index in [4.69, 9.17) is 0 Å². The van der Waals surface area contributed by atoms with Crippen LogP contribution in [0.2, 0.25) is 0 Å². The molecule has 1 atom stereocenters. The fourth-order valence-corrected chi connectivity index (χ4v) is 4.71. The van der Waals surface area contributed by atoms with Crippen LogP contribution in [-0.4, -0.2) is 53.0 Å². The number of hydrogen-bond acceptors (Lipinski definition) is 5. The highest BCUT2D eigenvalue weighted by atomic mass is 19.4. The lowest BCUT2D eigenvalue weighted by Gasteiger charge is -2.40. The third kappa shape index (κ3) is 5.50. The zero-order valence-corrected chi connectivity index (χ0v) is 20.2. The first-order valence-corrected chi connectivity index (χ1v) is 12.0. The average molecular weight is 507 g/mol. The van der Waals surface area contributed by atoms with E-state index < -0.39 is 6.36 Å². The third-order valence-electron chi connectivity index (χ3n) is 6.48. The molecule has 1 saturated heterocycles. The largest absolute Gasteiger partial charge is 0.573 e. The van der Waals surface area contributed by atoms with E-state index in [0.717, 1.165) is 27.8 Å². The van der Waals surface area contributed by atoms with Gasteiger partial charge in [0.05, 0.1) is 6.42 Å². The molecule has 1 aromatic heterocycles. The summed E-state index contributed by atoms with van der Waals surface area (Å²) in [5.41, 5.74) is 2.45. The van der Waals surface area contributed by atoms with Crippen molar-refractivity contribution < 1.29 is 22.7 Å². The Kier molecular flexibility index (Phi) is 6.69. The minimum Gasteiger partial charge on any atom is -0.406 e. The van der Waals surface area contributed by atoms with Crippen LogP contribution in [-0.2, 0) is 11.2 Å². The summed E-state index contributed by atoms with van der Waals surface area (Å²) in [4.78, 5) is 16.9. The fraction of sp³-hybridized carbons (Fsp3) is 0.250. The van der Waals surface area contributed by atoms with Gasteiger partial charge < -0.3 is 14.5 Å². The molecular formula is C28H25F3N4O2. The van der Waals surface area contributed by atoms with Gasteiger partial charge in [-0.1, -0.05) is 66.7 Å². The fourth-order valence-electron chi connectivity index (χ4n) is 4.71. The van der Waals surface area contributed by atoms with Crippen molar-refractivity contribution in [2.75, 3.05) is 24.5 Å². The number of anilines is 1. The average Bonchev–Trinajstić information content (AvgIpc) is 2.89. The molecule has 5 rings (SSSR count). The molecule has 0 saturated carbocycles. The van der Waals surface area contributed by atoms with Gasteiger partial charge in [-0.05, 0) is 24.6 Å². The van der Waals surface area contributed by atoms with Crippen molar-refractivity contribution in [3.63, 3.8) is 0 Å². The summed E-state index contributed by atoms with van der Waals surface area (Å²) < 4.78 is 41.0. The number of alkyl halides is 3. The molecule has 1 aliphatic rings. The Morgan fingerprint density at radius 2 is 1.59 bits per heavy atom. The maximum absolute atomic E-state index is 13.0. The van der Waals surface area contributed by atoms with Crippen molar-refractivity contribution in [3.05, 3.63) is 84.4 Å². The Bertz CT molecular complexity index is 1390. The minimum absolute atomic E-state index is 0.000503. The van der Waals surface area contributed by atoms with Gasteiger partial charge in [-0.25, -0.2) is 0 Å². The molecule has 190 valence electrons. The number of benzene rings is 3. The van der Waals surface area contributed by atoms with Gasteiger partial charge in [0.1, 0.15) is 11.4 Å². The van der Waals surface area contributed by atoms with Gasteiger partial charge >= 0.3 is 6.36 Å². The number of amides is 1. The van der Waals surface area contributed by atoms with E-state index in [0.29, 0.717) is 25.2 Å². The summed E-state index contributed by atoms with van der Waals surface area (Å²) in [6.07, 6.45) is -4.64. The molecule has 6 nitrogen and oxygen atoms in total. The maximum atomic E-state index is 13.0. The van der Waals surface area contributed by atoms with Gasteiger partial charge in [-0.2, -0.15) is 0 Å². The highest BCUT2D eigenvalue weighted by Crippen LogP contribution is 2.33. The van der Waals surface area contributed by atoms with E-state index in [1.54, 1.807) is 4.90 Å². The number of rotatable bonds is 5. The Hall–Kier alpha value is -4.14. The summed E-state index contributed by atoms with van der Waals surface area (Å²) in [5.74, 6) is 0.402. The van der Waals surface area contributed by atoms with E-state index in [9.17, 15) is 18.0 Å². The SMILES string of the molecule is C[C@H]1CN(C(=O)Cc2ccc(OC(F)(F)F)cc2)CCN1c1nnc(-c2ccccc2)c2ccccc12. The van der Waals surface area contributed by atoms with Crippen LogP contribution >= 0.6 is 0 Å². The summed E-state index contributed by atoms with van der Waals surface area (Å²) in [5, 5.41) is 11.2. The smallest absolute Gasteiger partial charge is 0.406 e. The van der Waals surface area contributed by atoms with Crippen molar-refractivity contribution in [1.82, 2.24) is 15.1 Å². The zero-order valence-electron chi connectivity index (χ0n) is 20.2. The first-order chi connectivity index (χ1) is 17.8.